The zero-order valence-electron chi connectivity index (χ0n) is 5.18. The average molecular weight is 173 g/mol. The highest BCUT2D eigenvalue weighted by Crippen LogP contribution is 2.20. The van der Waals surface area contributed by atoms with E-state index in [0.29, 0.717) is 0 Å². The van der Waals surface area contributed by atoms with E-state index in [1.165, 1.54) is 5.38 Å². The van der Waals surface area contributed by atoms with E-state index in [1.807, 2.05) is 0 Å². The van der Waals surface area contributed by atoms with E-state index in [1.54, 1.807) is 0 Å². The van der Waals surface area contributed by atoms with Gasteiger partial charge in [-0.3, -0.25) is 10.1 Å². The van der Waals surface area contributed by atoms with Crippen LogP contribution in [-0.2, 0) is 0 Å². The second-order valence-electron chi connectivity index (χ2n) is 1.73. The van der Waals surface area contributed by atoms with E-state index in [2.05, 4.69) is 0 Å². The summed E-state index contributed by atoms with van der Waals surface area (Å²) in [7, 11) is 0. The predicted molar refractivity (Wildman–Crippen MR) is 37.9 cm³/mol. The topological polar surface area (TPSA) is 80.4 Å². The number of nitrogens with zero attached hydrogens (tertiary/aromatic N) is 1. The molecule has 0 aromatic carbocycles. The second-order valence-corrected chi connectivity index (χ2v) is 2.64. The van der Waals surface area contributed by atoms with Gasteiger partial charge in [-0.05, 0) is 0 Å². The molecule has 0 saturated heterocycles. The highest BCUT2D eigenvalue weighted by Gasteiger charge is 2.12. The van der Waals surface area contributed by atoms with Gasteiger partial charge in [0.05, 0.1) is 10.3 Å². The van der Waals surface area contributed by atoms with Crippen LogP contribution in [0.5, 0.6) is 0 Å². The van der Waals surface area contributed by atoms with Gasteiger partial charge in [-0.2, -0.15) is 0 Å². The molecule has 6 heteroatoms. The molecule has 0 saturated carbocycles. The van der Waals surface area contributed by atoms with Gasteiger partial charge in [0.1, 0.15) is 4.88 Å². The molecule has 0 amide bonds. The highest BCUT2D eigenvalue weighted by molar-refractivity contribution is 7.12. The third kappa shape index (κ3) is 1.53. The van der Waals surface area contributed by atoms with Crippen LogP contribution in [0.3, 0.4) is 0 Å². The Morgan fingerprint density at radius 2 is 2.36 bits per heavy atom. The maximum atomic E-state index is 10.2. The first-order valence-corrected chi connectivity index (χ1v) is 3.45. The van der Waals surface area contributed by atoms with Gasteiger partial charge in [0.2, 0.25) is 0 Å². The molecule has 1 rings (SSSR count). The molecule has 58 valence electrons. The molecule has 1 heterocycles. The Hall–Kier alpha value is -1.43. The van der Waals surface area contributed by atoms with Gasteiger partial charge in [0, 0.05) is 6.07 Å². The Labute approximate surface area is 65.0 Å². The summed E-state index contributed by atoms with van der Waals surface area (Å²) in [6, 6.07) is 1.03. The summed E-state index contributed by atoms with van der Waals surface area (Å²) in [6.45, 7) is 0. The van der Waals surface area contributed by atoms with Crippen molar-refractivity contribution in [2.24, 2.45) is 0 Å². The molecular formula is C5H3NO4S. The average Bonchev–Trinajstić information content (AvgIpc) is 2.33. The number of hydrogen-bond donors (Lipinski definition) is 1. The molecule has 0 bridgehead atoms. The van der Waals surface area contributed by atoms with Gasteiger partial charge in [0.15, 0.2) is 0 Å². The van der Waals surface area contributed by atoms with Crippen molar-refractivity contribution in [3.63, 3.8) is 0 Å². The number of rotatable bonds is 2. The van der Waals surface area contributed by atoms with E-state index < -0.39 is 10.9 Å². The Morgan fingerprint density at radius 3 is 2.64 bits per heavy atom. The zero-order valence-corrected chi connectivity index (χ0v) is 6.00. The van der Waals surface area contributed by atoms with Gasteiger partial charge < -0.3 is 5.11 Å². The van der Waals surface area contributed by atoms with Crippen LogP contribution in [0.2, 0.25) is 0 Å². The lowest BCUT2D eigenvalue weighted by molar-refractivity contribution is -0.384. The molecule has 11 heavy (non-hydrogen) atoms. The van der Waals surface area contributed by atoms with Crippen molar-refractivity contribution in [3.8, 4) is 0 Å². The number of aromatic carboxylic acids is 1. The first kappa shape index (κ1) is 7.67. The molecule has 0 aliphatic carbocycles. The van der Waals surface area contributed by atoms with Gasteiger partial charge >= 0.3 is 5.97 Å². The smallest absolute Gasteiger partial charge is 0.346 e. The minimum Gasteiger partial charge on any atom is -0.477 e. The normalized spacial score (nSPS) is 9.45. The summed E-state index contributed by atoms with van der Waals surface area (Å²) in [4.78, 5) is 19.6. The molecule has 0 spiro atoms. The van der Waals surface area contributed by atoms with Gasteiger partial charge in [-0.25, -0.2) is 4.79 Å². The number of nitro groups is 1. The molecule has 0 fully saturated rings. The summed E-state index contributed by atoms with van der Waals surface area (Å²) in [5, 5.41) is 19.6. The quantitative estimate of drug-likeness (QED) is 0.540. The zero-order chi connectivity index (χ0) is 8.43. The molecule has 0 atom stereocenters. The van der Waals surface area contributed by atoms with Crippen molar-refractivity contribution < 1.29 is 14.8 Å². The molecule has 0 radical (unpaired) electrons. The Bertz CT molecular complexity index is 277. The van der Waals surface area contributed by atoms with Crippen molar-refractivity contribution in [1.82, 2.24) is 0 Å². The maximum Gasteiger partial charge on any atom is 0.346 e. The van der Waals surface area contributed by atoms with E-state index in [9.17, 15) is 14.9 Å². The van der Waals surface area contributed by atoms with Crippen molar-refractivity contribution in [1.29, 1.82) is 0 Å². The van der Waals surface area contributed by atoms with E-state index in [-0.39, 0.29) is 10.6 Å². The third-order valence-corrected chi connectivity index (χ3v) is 1.91. The summed E-state index contributed by atoms with van der Waals surface area (Å²) >= 11 is 0.845. The van der Waals surface area contributed by atoms with Crippen LogP contribution in [-0.4, -0.2) is 16.0 Å². The lowest BCUT2D eigenvalue weighted by atomic mass is 10.4. The number of hydrogen-bond acceptors (Lipinski definition) is 4. The van der Waals surface area contributed by atoms with Crippen LogP contribution >= 0.6 is 11.3 Å². The third-order valence-electron chi connectivity index (χ3n) is 1.01. The van der Waals surface area contributed by atoms with Crippen LogP contribution in [0, 0.1) is 10.1 Å². The molecule has 1 N–H and O–H groups in total. The minimum absolute atomic E-state index is 0.0169. The van der Waals surface area contributed by atoms with Crippen molar-refractivity contribution in [3.05, 3.63) is 26.4 Å². The molecule has 0 aliphatic heterocycles. The number of carboxylic acid groups (broad SMARTS) is 1. The van der Waals surface area contributed by atoms with Crippen LogP contribution in [0.4, 0.5) is 5.69 Å². The molecule has 1 aromatic rings. The first-order valence-electron chi connectivity index (χ1n) is 2.57. The van der Waals surface area contributed by atoms with Crippen molar-refractivity contribution in [2.45, 2.75) is 0 Å². The molecule has 0 aliphatic rings. The summed E-state index contributed by atoms with van der Waals surface area (Å²) in [5.74, 6) is -1.14. The number of thiophene rings is 1. The van der Waals surface area contributed by atoms with Gasteiger partial charge in [-0.1, -0.05) is 0 Å². The molecule has 5 nitrogen and oxygen atoms in total. The van der Waals surface area contributed by atoms with E-state index in [4.69, 9.17) is 5.11 Å². The van der Waals surface area contributed by atoms with Gasteiger partial charge in [-0.15, -0.1) is 11.3 Å². The SMILES string of the molecule is O=C(O)c1cc([N+](=O)[O-])cs1. The fourth-order valence-electron chi connectivity index (χ4n) is 0.534. The van der Waals surface area contributed by atoms with E-state index in [0.717, 1.165) is 17.4 Å². The Kier molecular flexibility index (Phi) is 1.86. The lowest BCUT2D eigenvalue weighted by Crippen LogP contribution is -1.90. The first-order chi connectivity index (χ1) is 5.11. The van der Waals surface area contributed by atoms with Crippen LogP contribution in [0.1, 0.15) is 9.67 Å². The molecule has 1 aromatic heterocycles. The Balaban J connectivity index is 2.99. The predicted octanol–water partition coefficient (Wildman–Crippen LogP) is 1.35. The van der Waals surface area contributed by atoms with Crippen molar-refractivity contribution >= 4 is 23.0 Å². The molecule has 0 unspecified atom stereocenters. The monoisotopic (exact) mass is 173 g/mol. The fourth-order valence-corrected chi connectivity index (χ4v) is 1.23. The highest BCUT2D eigenvalue weighted by atomic mass is 32.1. The largest absolute Gasteiger partial charge is 0.477 e. The van der Waals surface area contributed by atoms with Gasteiger partial charge in [0.25, 0.3) is 5.69 Å². The number of carboxylic acids is 1. The summed E-state index contributed by atoms with van der Waals surface area (Å²) in [5.41, 5.74) is -0.174. The Morgan fingerprint density at radius 1 is 1.73 bits per heavy atom. The second kappa shape index (κ2) is 2.67. The van der Waals surface area contributed by atoms with Crippen LogP contribution in [0.25, 0.3) is 0 Å². The maximum absolute atomic E-state index is 10.2. The molecular weight excluding hydrogens is 170 g/mol. The fraction of sp³-hybridized carbons (Fsp3) is 0. The van der Waals surface area contributed by atoms with Crippen molar-refractivity contribution in [2.75, 3.05) is 0 Å². The van der Waals surface area contributed by atoms with Crippen LogP contribution < -0.4 is 0 Å². The summed E-state index contributed by atoms with van der Waals surface area (Å²) in [6.07, 6.45) is 0. The lowest BCUT2D eigenvalue weighted by Gasteiger charge is -1.80. The standard InChI is InChI=1S/C5H3NO4S/c7-5(8)4-1-3(2-11-4)6(9)10/h1-2H,(H,7,8). The van der Waals surface area contributed by atoms with E-state index >= 15 is 0 Å². The number of carbonyl (C=O) groups is 1. The minimum atomic E-state index is -1.14. The summed E-state index contributed by atoms with van der Waals surface area (Å²) < 4.78 is 0. The van der Waals surface area contributed by atoms with Crippen LogP contribution in [0.15, 0.2) is 11.4 Å².